The number of hydrogen-bond donors (Lipinski definition) is 2. The SMILES string of the molecule is CCCCCCCCCC[N+](C)(C)CC(O)CC(O)[N+](C)(C)CCCCCCCCCC. The molecule has 0 fully saturated rings. The summed E-state index contributed by atoms with van der Waals surface area (Å²) in [5.74, 6) is 0. The Morgan fingerprint density at radius 3 is 1.34 bits per heavy atom. The Labute approximate surface area is 202 Å². The highest BCUT2D eigenvalue weighted by atomic mass is 16.3. The standard InChI is InChI=1S/C28H62N2O2/c1-7-9-11-13-15-17-19-21-23-29(3,4)26-27(31)25-28(32)30(5,6)24-22-20-18-16-14-12-10-8-2/h27-28,31-32H,7-26H2,1-6H3/q+2. The minimum Gasteiger partial charge on any atom is -0.387 e. The first-order valence-corrected chi connectivity index (χ1v) is 14.2. The first-order chi connectivity index (χ1) is 15.1. The molecule has 0 saturated carbocycles. The summed E-state index contributed by atoms with van der Waals surface area (Å²) >= 11 is 0. The fourth-order valence-electron chi connectivity index (χ4n) is 4.74. The molecule has 2 unspecified atom stereocenters. The van der Waals surface area contributed by atoms with Crippen LogP contribution in [0, 0.1) is 0 Å². The number of unbranched alkanes of at least 4 members (excludes halogenated alkanes) is 14. The number of aliphatic hydroxyl groups excluding tert-OH is 2. The summed E-state index contributed by atoms with van der Waals surface area (Å²) in [5, 5.41) is 21.5. The topological polar surface area (TPSA) is 40.5 Å². The lowest BCUT2D eigenvalue weighted by atomic mass is 10.1. The quantitative estimate of drug-likeness (QED) is 0.104. The summed E-state index contributed by atoms with van der Waals surface area (Å²) in [4.78, 5) is 0. The summed E-state index contributed by atoms with van der Waals surface area (Å²) in [5.41, 5.74) is 0. The molecule has 2 atom stereocenters. The van der Waals surface area contributed by atoms with E-state index in [0.717, 1.165) is 30.5 Å². The number of aliphatic hydroxyl groups is 2. The normalized spacial score (nSPS) is 14.6. The van der Waals surface area contributed by atoms with Crippen LogP contribution in [0.4, 0.5) is 0 Å². The summed E-state index contributed by atoms with van der Waals surface area (Å²) in [7, 11) is 8.66. The summed E-state index contributed by atoms with van der Waals surface area (Å²) < 4.78 is 1.44. The molecule has 0 aromatic heterocycles. The van der Waals surface area contributed by atoms with Gasteiger partial charge in [0.2, 0.25) is 0 Å². The average molecular weight is 459 g/mol. The fraction of sp³-hybridized carbons (Fsp3) is 1.00. The molecule has 0 saturated heterocycles. The van der Waals surface area contributed by atoms with Crippen LogP contribution in [0.2, 0.25) is 0 Å². The molecule has 0 aliphatic heterocycles. The van der Waals surface area contributed by atoms with Crippen LogP contribution in [0.15, 0.2) is 0 Å². The zero-order valence-electron chi connectivity index (χ0n) is 23.1. The van der Waals surface area contributed by atoms with Crippen LogP contribution in [-0.4, -0.2) is 79.3 Å². The van der Waals surface area contributed by atoms with E-state index in [1.807, 2.05) is 0 Å². The summed E-state index contributed by atoms with van der Waals surface area (Å²) in [6.07, 6.45) is 20.8. The number of rotatable bonds is 23. The second-order valence-electron chi connectivity index (χ2n) is 11.7. The molecule has 2 N–H and O–H groups in total. The Bertz CT molecular complexity index is 412. The van der Waals surface area contributed by atoms with Crippen LogP contribution in [0.1, 0.15) is 123 Å². The second kappa shape index (κ2) is 19.2. The van der Waals surface area contributed by atoms with E-state index in [0.29, 0.717) is 10.9 Å². The molecule has 4 nitrogen and oxygen atoms in total. The highest BCUT2D eigenvalue weighted by Crippen LogP contribution is 2.17. The predicted octanol–water partition coefficient (Wildman–Crippen LogP) is 6.49. The number of quaternary nitrogens is 2. The van der Waals surface area contributed by atoms with Crippen molar-refractivity contribution in [2.45, 2.75) is 135 Å². The maximum absolute atomic E-state index is 10.8. The Kier molecular flexibility index (Phi) is 19.1. The highest BCUT2D eigenvalue weighted by molar-refractivity contribution is 4.58. The molecule has 0 aromatic rings. The van der Waals surface area contributed by atoms with Gasteiger partial charge in [0.15, 0.2) is 6.23 Å². The zero-order valence-corrected chi connectivity index (χ0v) is 23.1. The van der Waals surface area contributed by atoms with Crippen molar-refractivity contribution in [3.05, 3.63) is 0 Å². The van der Waals surface area contributed by atoms with Gasteiger partial charge in [-0.2, -0.15) is 0 Å². The third-order valence-corrected chi connectivity index (χ3v) is 7.20. The van der Waals surface area contributed by atoms with E-state index < -0.39 is 12.3 Å². The molecule has 0 spiro atoms. The Balaban J connectivity index is 3.99. The first-order valence-electron chi connectivity index (χ1n) is 14.2. The molecule has 0 radical (unpaired) electrons. The van der Waals surface area contributed by atoms with E-state index in [9.17, 15) is 10.2 Å². The largest absolute Gasteiger partial charge is 0.387 e. The third-order valence-electron chi connectivity index (χ3n) is 7.20. The van der Waals surface area contributed by atoms with Gasteiger partial charge in [-0.15, -0.1) is 0 Å². The van der Waals surface area contributed by atoms with Crippen LogP contribution < -0.4 is 0 Å². The van der Waals surface area contributed by atoms with Crippen molar-refractivity contribution < 1.29 is 19.2 Å². The molecule has 194 valence electrons. The smallest absolute Gasteiger partial charge is 0.192 e. The number of likely N-dealkylation sites (N-methyl/N-ethyl adjacent to an activating group) is 1. The van der Waals surface area contributed by atoms with Crippen molar-refractivity contribution in [2.75, 3.05) is 47.8 Å². The lowest BCUT2D eigenvalue weighted by molar-refractivity contribution is -0.939. The van der Waals surface area contributed by atoms with Gasteiger partial charge in [0, 0.05) is 0 Å². The second-order valence-corrected chi connectivity index (χ2v) is 11.7. The minimum absolute atomic E-state index is 0.440. The lowest BCUT2D eigenvalue weighted by Gasteiger charge is -2.37. The van der Waals surface area contributed by atoms with E-state index in [2.05, 4.69) is 42.0 Å². The molecular weight excluding hydrogens is 396 g/mol. The van der Waals surface area contributed by atoms with Crippen molar-refractivity contribution in [2.24, 2.45) is 0 Å². The zero-order chi connectivity index (χ0) is 24.3. The molecule has 0 rings (SSSR count). The molecule has 0 aliphatic rings. The first kappa shape index (κ1) is 31.8. The van der Waals surface area contributed by atoms with Crippen LogP contribution in [-0.2, 0) is 0 Å². The van der Waals surface area contributed by atoms with E-state index in [1.165, 1.54) is 96.3 Å². The van der Waals surface area contributed by atoms with Crippen LogP contribution in [0.3, 0.4) is 0 Å². The molecule has 0 aromatic carbocycles. The van der Waals surface area contributed by atoms with Crippen molar-refractivity contribution in [1.82, 2.24) is 0 Å². The third kappa shape index (κ3) is 18.3. The van der Waals surface area contributed by atoms with E-state index in [1.54, 1.807) is 0 Å². The molecular formula is C28H62N2O2+2. The highest BCUT2D eigenvalue weighted by Gasteiger charge is 2.30. The molecule has 0 amide bonds. The summed E-state index contributed by atoms with van der Waals surface area (Å²) in [6.45, 7) is 7.35. The molecule has 32 heavy (non-hydrogen) atoms. The van der Waals surface area contributed by atoms with Gasteiger partial charge in [-0.1, -0.05) is 90.9 Å². The fourth-order valence-corrected chi connectivity index (χ4v) is 4.74. The molecule has 0 heterocycles. The van der Waals surface area contributed by atoms with Gasteiger partial charge < -0.3 is 19.2 Å². The maximum atomic E-state index is 10.8. The van der Waals surface area contributed by atoms with E-state index >= 15 is 0 Å². The van der Waals surface area contributed by atoms with Gasteiger partial charge in [0.25, 0.3) is 0 Å². The summed E-state index contributed by atoms with van der Waals surface area (Å²) in [6, 6.07) is 0. The van der Waals surface area contributed by atoms with Gasteiger partial charge in [0.1, 0.15) is 12.6 Å². The van der Waals surface area contributed by atoms with Crippen LogP contribution in [0.25, 0.3) is 0 Å². The van der Waals surface area contributed by atoms with Gasteiger partial charge in [-0.25, -0.2) is 0 Å². The maximum Gasteiger partial charge on any atom is 0.192 e. The van der Waals surface area contributed by atoms with Gasteiger partial charge in [-0.05, 0) is 25.7 Å². The number of hydrogen-bond acceptors (Lipinski definition) is 2. The number of nitrogens with zero attached hydrogens (tertiary/aromatic N) is 2. The van der Waals surface area contributed by atoms with Crippen molar-refractivity contribution >= 4 is 0 Å². The minimum atomic E-state index is -0.488. The molecule has 0 bridgehead atoms. The Morgan fingerprint density at radius 1 is 0.531 bits per heavy atom. The van der Waals surface area contributed by atoms with Gasteiger partial charge in [0.05, 0.1) is 47.7 Å². The van der Waals surface area contributed by atoms with Crippen molar-refractivity contribution in [1.29, 1.82) is 0 Å². The van der Waals surface area contributed by atoms with Crippen LogP contribution >= 0.6 is 0 Å². The van der Waals surface area contributed by atoms with Crippen LogP contribution in [0.5, 0.6) is 0 Å². The Morgan fingerprint density at radius 2 is 0.906 bits per heavy atom. The van der Waals surface area contributed by atoms with E-state index in [-0.39, 0.29) is 0 Å². The van der Waals surface area contributed by atoms with Crippen molar-refractivity contribution in [3.63, 3.8) is 0 Å². The predicted molar refractivity (Wildman–Crippen MR) is 141 cm³/mol. The monoisotopic (exact) mass is 458 g/mol. The lowest BCUT2D eigenvalue weighted by Crippen LogP contribution is -2.53. The van der Waals surface area contributed by atoms with E-state index in [4.69, 9.17) is 0 Å². The van der Waals surface area contributed by atoms with Gasteiger partial charge in [-0.3, -0.25) is 0 Å². The van der Waals surface area contributed by atoms with Crippen molar-refractivity contribution in [3.8, 4) is 0 Å². The molecule has 0 aliphatic carbocycles. The Hall–Kier alpha value is -0.160. The average Bonchev–Trinajstić information content (AvgIpc) is 2.71. The molecule has 4 heteroatoms. The van der Waals surface area contributed by atoms with Gasteiger partial charge >= 0.3 is 0 Å².